The molecule has 0 spiro atoms. The highest BCUT2D eigenvalue weighted by molar-refractivity contribution is 6.32. The molecule has 2 aliphatic rings. The van der Waals surface area contributed by atoms with Crippen molar-refractivity contribution in [2.75, 3.05) is 19.0 Å². The minimum atomic E-state index is -0.736. The van der Waals surface area contributed by atoms with Crippen LogP contribution in [0.25, 0.3) is 11.1 Å². The van der Waals surface area contributed by atoms with Crippen molar-refractivity contribution in [3.8, 4) is 0 Å². The van der Waals surface area contributed by atoms with E-state index < -0.39 is 23.3 Å². The largest absolute Gasteiger partial charge is 0.482 e. The minimum Gasteiger partial charge on any atom is -0.482 e. The Morgan fingerprint density at radius 1 is 1.16 bits per heavy atom. The number of esters is 1. The Morgan fingerprint density at radius 2 is 1.88 bits per heavy atom. The molecule has 32 heavy (non-hydrogen) atoms. The first kappa shape index (κ1) is 21.3. The molecule has 2 amide bonds. The zero-order chi connectivity index (χ0) is 23.0. The van der Waals surface area contributed by atoms with Gasteiger partial charge in [0.05, 0.1) is 18.4 Å². The van der Waals surface area contributed by atoms with Gasteiger partial charge in [0.25, 0.3) is 11.8 Å². The maximum atomic E-state index is 13.5. The highest BCUT2D eigenvalue weighted by atomic mass is 19.1. The average Bonchev–Trinajstić information content (AvgIpc) is 3.25. The minimum absolute atomic E-state index is 0.215. The fraction of sp³-hybridized carbons (Fsp3) is 0.208. The van der Waals surface area contributed by atoms with Crippen molar-refractivity contribution >= 4 is 34.6 Å². The molecule has 2 aliphatic heterocycles. The molecule has 4 rings (SSSR count). The topological polar surface area (TPSA) is 93.7 Å². The average molecular weight is 436 g/mol. The van der Waals surface area contributed by atoms with E-state index in [0.717, 1.165) is 11.1 Å². The van der Waals surface area contributed by atoms with Crippen molar-refractivity contribution in [3.05, 3.63) is 76.8 Å². The van der Waals surface area contributed by atoms with Crippen LogP contribution in [-0.4, -0.2) is 37.0 Å². The van der Waals surface area contributed by atoms with Gasteiger partial charge in [0.2, 0.25) is 0 Å². The number of hydrogen-bond acceptors (Lipinski definition) is 5. The van der Waals surface area contributed by atoms with Gasteiger partial charge in [-0.1, -0.05) is 12.1 Å². The van der Waals surface area contributed by atoms with Crippen LogP contribution in [-0.2, 0) is 19.1 Å². The van der Waals surface area contributed by atoms with Crippen LogP contribution in [0.15, 0.2) is 54.3 Å². The summed E-state index contributed by atoms with van der Waals surface area (Å²) < 4.78 is 24.2. The van der Waals surface area contributed by atoms with Crippen molar-refractivity contribution in [3.63, 3.8) is 0 Å². The maximum absolute atomic E-state index is 13.5. The van der Waals surface area contributed by atoms with E-state index in [-0.39, 0.29) is 12.5 Å². The lowest BCUT2D eigenvalue weighted by molar-refractivity contribution is -0.139. The van der Waals surface area contributed by atoms with Gasteiger partial charge in [0.1, 0.15) is 23.7 Å². The molecule has 0 atom stereocenters. The number of hydrogen-bond donors (Lipinski definition) is 2. The number of ether oxygens (including phenoxy) is 2. The van der Waals surface area contributed by atoms with E-state index >= 15 is 0 Å². The van der Waals surface area contributed by atoms with E-state index in [0.29, 0.717) is 28.1 Å². The molecule has 0 radical (unpaired) electrons. The second-order valence-electron chi connectivity index (χ2n) is 7.89. The summed E-state index contributed by atoms with van der Waals surface area (Å²) in [6.45, 7) is 3.54. The lowest BCUT2D eigenvalue weighted by atomic mass is 9.91. The summed E-state index contributed by atoms with van der Waals surface area (Å²) in [7, 11) is 1.25. The Bertz CT molecular complexity index is 1200. The molecular formula is C24H21FN2O5. The van der Waals surface area contributed by atoms with Gasteiger partial charge in [-0.05, 0) is 55.8 Å². The monoisotopic (exact) mass is 436 g/mol. The zero-order valence-electron chi connectivity index (χ0n) is 17.7. The van der Waals surface area contributed by atoms with Crippen LogP contribution in [0.2, 0.25) is 0 Å². The summed E-state index contributed by atoms with van der Waals surface area (Å²) in [6, 6.07) is 11.0. The van der Waals surface area contributed by atoms with E-state index in [1.807, 2.05) is 13.8 Å². The van der Waals surface area contributed by atoms with Crippen LogP contribution in [0.1, 0.15) is 35.3 Å². The second-order valence-corrected chi connectivity index (χ2v) is 7.89. The van der Waals surface area contributed by atoms with Gasteiger partial charge < -0.3 is 20.1 Å². The molecule has 0 bridgehead atoms. The Kier molecular flexibility index (Phi) is 5.30. The molecule has 2 aromatic carbocycles. The van der Waals surface area contributed by atoms with Gasteiger partial charge in [-0.3, -0.25) is 14.4 Å². The third kappa shape index (κ3) is 3.87. The van der Waals surface area contributed by atoms with Crippen LogP contribution < -0.4 is 10.6 Å². The molecule has 2 N–H and O–H groups in total. The lowest BCUT2D eigenvalue weighted by Gasteiger charge is -2.23. The number of allylic oxidation sites excluding steroid dienone is 1. The molecule has 0 aliphatic carbocycles. The standard InChI is InChI=1S/C24H21FN2O5/c1-24(2)17(13-4-6-14(7-5-13)22(29)26-12-20(28)31-3)11-19(32-24)21-16-9-8-15(25)10-18(16)27-23(21)30/h4-11H,12H2,1-3H3,(H,26,29)(H,27,30). The van der Waals surface area contributed by atoms with E-state index in [4.69, 9.17) is 4.74 Å². The first-order chi connectivity index (χ1) is 15.2. The Hall–Kier alpha value is -3.94. The third-order valence-corrected chi connectivity index (χ3v) is 5.34. The molecule has 0 saturated heterocycles. The van der Waals surface area contributed by atoms with Crippen LogP contribution in [0.5, 0.6) is 0 Å². The van der Waals surface area contributed by atoms with Crippen LogP contribution in [0, 0.1) is 5.82 Å². The highest BCUT2D eigenvalue weighted by Gasteiger charge is 2.38. The highest BCUT2D eigenvalue weighted by Crippen LogP contribution is 2.44. The molecule has 0 saturated carbocycles. The van der Waals surface area contributed by atoms with Crippen molar-refractivity contribution in [1.29, 1.82) is 0 Å². The number of nitrogens with one attached hydrogen (secondary N) is 2. The molecule has 7 nitrogen and oxygen atoms in total. The summed E-state index contributed by atoms with van der Waals surface area (Å²) in [6.07, 6.45) is 1.79. The third-order valence-electron chi connectivity index (χ3n) is 5.34. The number of anilines is 1. The van der Waals surface area contributed by atoms with Gasteiger partial charge in [0, 0.05) is 16.7 Å². The summed E-state index contributed by atoms with van der Waals surface area (Å²) in [5.74, 6) is -1.33. The normalized spacial score (nSPS) is 18.4. The SMILES string of the molecule is COC(=O)CNC(=O)c1ccc(C2=CC(=C3C(=O)Nc4cc(F)ccc43)OC2(C)C)cc1. The number of benzene rings is 2. The van der Waals surface area contributed by atoms with Crippen molar-refractivity contribution in [2.45, 2.75) is 19.4 Å². The van der Waals surface area contributed by atoms with Crippen molar-refractivity contribution < 1.29 is 28.2 Å². The predicted molar refractivity (Wildman–Crippen MR) is 116 cm³/mol. The number of carbonyl (C=O) groups is 3. The Labute approximate surface area is 183 Å². The quantitative estimate of drug-likeness (QED) is 0.567. The Morgan fingerprint density at radius 3 is 2.56 bits per heavy atom. The number of fused-ring (bicyclic) bond motifs is 1. The van der Waals surface area contributed by atoms with Crippen LogP contribution >= 0.6 is 0 Å². The van der Waals surface area contributed by atoms with E-state index in [1.165, 1.54) is 19.2 Å². The molecule has 2 aromatic rings. The van der Waals surface area contributed by atoms with E-state index in [1.54, 1.807) is 36.4 Å². The lowest BCUT2D eigenvalue weighted by Crippen LogP contribution is -2.30. The number of methoxy groups -OCH3 is 1. The van der Waals surface area contributed by atoms with Gasteiger partial charge in [-0.2, -0.15) is 0 Å². The van der Waals surface area contributed by atoms with E-state index in [2.05, 4.69) is 15.4 Å². The zero-order valence-corrected chi connectivity index (χ0v) is 17.7. The fourth-order valence-corrected chi connectivity index (χ4v) is 3.74. The van der Waals surface area contributed by atoms with Crippen molar-refractivity contribution in [1.82, 2.24) is 5.32 Å². The molecular weight excluding hydrogens is 415 g/mol. The number of halogens is 1. The van der Waals surface area contributed by atoms with Gasteiger partial charge >= 0.3 is 5.97 Å². The summed E-state index contributed by atoms with van der Waals surface area (Å²) in [5, 5.41) is 5.15. The molecule has 0 fully saturated rings. The summed E-state index contributed by atoms with van der Waals surface area (Å²) in [5.41, 5.74) is 2.62. The van der Waals surface area contributed by atoms with Gasteiger partial charge in [0.15, 0.2) is 0 Å². The smallest absolute Gasteiger partial charge is 0.325 e. The second kappa shape index (κ2) is 7.96. The van der Waals surface area contributed by atoms with Crippen LogP contribution in [0.3, 0.4) is 0 Å². The van der Waals surface area contributed by atoms with Crippen molar-refractivity contribution in [2.24, 2.45) is 0 Å². The predicted octanol–water partition coefficient (Wildman–Crippen LogP) is 3.28. The number of amides is 2. The molecule has 0 aromatic heterocycles. The summed E-state index contributed by atoms with van der Waals surface area (Å²) >= 11 is 0. The first-order valence-corrected chi connectivity index (χ1v) is 9.92. The van der Waals surface area contributed by atoms with Crippen LogP contribution in [0.4, 0.5) is 10.1 Å². The molecule has 2 heterocycles. The molecule has 164 valence electrons. The number of rotatable bonds is 4. The van der Waals surface area contributed by atoms with E-state index in [9.17, 15) is 18.8 Å². The summed E-state index contributed by atoms with van der Waals surface area (Å²) in [4.78, 5) is 35.9. The maximum Gasteiger partial charge on any atom is 0.325 e. The molecule has 0 unspecified atom stereocenters. The first-order valence-electron chi connectivity index (χ1n) is 9.92. The van der Waals surface area contributed by atoms with Gasteiger partial charge in [-0.15, -0.1) is 0 Å². The fourth-order valence-electron chi connectivity index (χ4n) is 3.74. The van der Waals surface area contributed by atoms with Gasteiger partial charge in [-0.25, -0.2) is 4.39 Å². The Balaban J connectivity index is 1.64. The molecule has 8 heteroatoms. The number of carbonyl (C=O) groups excluding carboxylic acids is 3.